The molecule has 2 aliphatic rings. The molecule has 168 valence electrons. The van der Waals surface area contributed by atoms with Gasteiger partial charge in [0.05, 0.1) is 19.8 Å². The van der Waals surface area contributed by atoms with E-state index in [1.165, 1.54) is 12.8 Å². The minimum Gasteiger partial charge on any atom is -0.497 e. The van der Waals surface area contributed by atoms with Gasteiger partial charge in [0, 0.05) is 31.5 Å². The van der Waals surface area contributed by atoms with Crippen LogP contribution in [0.1, 0.15) is 36.7 Å². The average Bonchev–Trinajstić information content (AvgIpc) is 3.50. The van der Waals surface area contributed by atoms with Crippen molar-refractivity contribution >= 4 is 12.4 Å². The summed E-state index contributed by atoms with van der Waals surface area (Å²) >= 11 is 0. The van der Waals surface area contributed by atoms with E-state index in [9.17, 15) is 15.0 Å². The van der Waals surface area contributed by atoms with E-state index in [2.05, 4.69) is 14.5 Å². The van der Waals surface area contributed by atoms with Gasteiger partial charge >= 0.3 is 5.97 Å². The van der Waals surface area contributed by atoms with E-state index in [-0.39, 0.29) is 19.4 Å². The van der Waals surface area contributed by atoms with Gasteiger partial charge in [0.25, 0.3) is 6.47 Å². The fourth-order valence-corrected chi connectivity index (χ4v) is 4.26. The Morgan fingerprint density at radius 2 is 2.10 bits per heavy atom. The zero-order valence-electron chi connectivity index (χ0n) is 17.6. The summed E-state index contributed by atoms with van der Waals surface area (Å²) in [5.41, 5.74) is -0.399. The van der Waals surface area contributed by atoms with Crippen molar-refractivity contribution < 1.29 is 29.6 Å². The summed E-state index contributed by atoms with van der Waals surface area (Å²) in [7, 11) is 1.59. The van der Waals surface area contributed by atoms with Gasteiger partial charge in [0.1, 0.15) is 17.0 Å². The SMILES string of the molecule is COc1cccc(C[C@@]2(C(=O)O)CN(Cc3nccn3C3CC3)CC[C@@H]2O)c1.O=CO. The molecule has 2 aromatic rings. The summed E-state index contributed by atoms with van der Waals surface area (Å²) in [6.45, 7) is 1.30. The molecule has 0 spiro atoms. The monoisotopic (exact) mass is 431 g/mol. The number of rotatable bonds is 7. The van der Waals surface area contributed by atoms with Gasteiger partial charge in [-0.05, 0) is 43.4 Å². The lowest BCUT2D eigenvalue weighted by atomic mass is 9.73. The van der Waals surface area contributed by atoms with E-state index >= 15 is 0 Å². The first kappa shape index (κ1) is 22.8. The predicted molar refractivity (Wildman–Crippen MR) is 112 cm³/mol. The number of piperidine rings is 1. The fourth-order valence-electron chi connectivity index (χ4n) is 4.26. The third-order valence-corrected chi connectivity index (χ3v) is 6.00. The number of benzene rings is 1. The number of ether oxygens (including phenoxy) is 1. The van der Waals surface area contributed by atoms with Crippen LogP contribution in [0, 0.1) is 5.41 Å². The molecule has 9 heteroatoms. The Bertz CT molecular complexity index is 897. The third-order valence-electron chi connectivity index (χ3n) is 6.00. The van der Waals surface area contributed by atoms with E-state index in [0.29, 0.717) is 31.3 Å². The maximum Gasteiger partial charge on any atom is 0.313 e. The van der Waals surface area contributed by atoms with Crippen molar-refractivity contribution in [1.29, 1.82) is 0 Å². The maximum atomic E-state index is 12.3. The maximum absolute atomic E-state index is 12.3. The highest BCUT2D eigenvalue weighted by Gasteiger charge is 2.49. The van der Waals surface area contributed by atoms with Crippen molar-refractivity contribution in [3.05, 3.63) is 48.0 Å². The molecule has 1 saturated heterocycles. The van der Waals surface area contributed by atoms with Crippen molar-refractivity contribution in [2.24, 2.45) is 5.41 Å². The molecule has 4 rings (SSSR count). The van der Waals surface area contributed by atoms with Crippen LogP contribution >= 0.6 is 0 Å². The Morgan fingerprint density at radius 3 is 2.74 bits per heavy atom. The molecule has 2 fully saturated rings. The highest BCUT2D eigenvalue weighted by Crippen LogP contribution is 2.38. The highest BCUT2D eigenvalue weighted by molar-refractivity contribution is 5.76. The van der Waals surface area contributed by atoms with Gasteiger partial charge in [0.2, 0.25) is 0 Å². The molecule has 1 aliphatic heterocycles. The molecule has 1 saturated carbocycles. The molecule has 9 nitrogen and oxygen atoms in total. The van der Waals surface area contributed by atoms with Crippen LogP contribution in [0.3, 0.4) is 0 Å². The number of carboxylic acid groups (broad SMARTS) is 2. The fraction of sp³-hybridized carbons (Fsp3) is 0.500. The van der Waals surface area contributed by atoms with E-state index in [4.69, 9.17) is 14.6 Å². The number of hydrogen-bond donors (Lipinski definition) is 3. The topological polar surface area (TPSA) is 125 Å². The molecular formula is C22H29N3O6. The molecule has 1 aromatic carbocycles. The van der Waals surface area contributed by atoms with Gasteiger partial charge in [-0.1, -0.05) is 12.1 Å². The second-order valence-electron chi connectivity index (χ2n) is 8.09. The third kappa shape index (κ3) is 5.23. The smallest absolute Gasteiger partial charge is 0.313 e. The number of hydrogen-bond acceptors (Lipinski definition) is 6. The summed E-state index contributed by atoms with van der Waals surface area (Å²) in [6.07, 6.45) is 5.97. The minimum atomic E-state index is -1.25. The van der Waals surface area contributed by atoms with E-state index in [1.54, 1.807) is 7.11 Å². The zero-order chi connectivity index (χ0) is 22.4. The first-order valence-electron chi connectivity index (χ1n) is 10.3. The van der Waals surface area contributed by atoms with Crippen LogP contribution in [-0.4, -0.2) is 68.5 Å². The highest BCUT2D eigenvalue weighted by atomic mass is 16.5. The average molecular weight is 431 g/mol. The van der Waals surface area contributed by atoms with E-state index < -0.39 is 17.5 Å². The van der Waals surface area contributed by atoms with Gasteiger partial charge in [0.15, 0.2) is 0 Å². The largest absolute Gasteiger partial charge is 0.497 e. The molecule has 1 aromatic heterocycles. The molecule has 3 N–H and O–H groups in total. The first-order chi connectivity index (χ1) is 14.9. The van der Waals surface area contributed by atoms with Crippen LogP contribution in [0.25, 0.3) is 0 Å². The standard InChI is InChI=1S/C21H27N3O4.CH2O2/c1-28-17-4-2-3-15(11-17)12-21(20(26)27)14-23(9-7-18(21)25)13-19-22-8-10-24(19)16-5-6-16;2-1-3/h2-4,8,10-11,16,18,25H,5-7,9,12-14H2,1H3,(H,26,27);1H,(H,2,3)/t18-,21+;/m0./s1. The van der Waals surface area contributed by atoms with Gasteiger partial charge in [-0.15, -0.1) is 0 Å². The van der Waals surface area contributed by atoms with Crippen molar-refractivity contribution in [2.75, 3.05) is 20.2 Å². The lowest BCUT2D eigenvalue weighted by molar-refractivity contribution is -0.163. The molecule has 0 amide bonds. The van der Waals surface area contributed by atoms with Crippen molar-refractivity contribution in [3.8, 4) is 5.75 Å². The molecular weight excluding hydrogens is 402 g/mol. The van der Waals surface area contributed by atoms with Crippen LogP contribution in [0.4, 0.5) is 0 Å². The van der Waals surface area contributed by atoms with E-state index in [1.807, 2.05) is 36.7 Å². The number of aliphatic hydroxyl groups excluding tert-OH is 1. The van der Waals surface area contributed by atoms with E-state index in [0.717, 1.165) is 11.4 Å². The van der Waals surface area contributed by atoms with Gasteiger partial charge in [-0.25, -0.2) is 4.98 Å². The van der Waals surface area contributed by atoms with Crippen LogP contribution < -0.4 is 4.74 Å². The number of aromatic nitrogens is 2. The summed E-state index contributed by atoms with van der Waals surface area (Å²) in [6, 6.07) is 7.95. The molecule has 0 unspecified atom stereocenters. The Morgan fingerprint density at radius 1 is 1.35 bits per heavy atom. The number of likely N-dealkylation sites (tertiary alicyclic amines) is 1. The molecule has 0 bridgehead atoms. The van der Waals surface area contributed by atoms with Gasteiger partial charge in [-0.3, -0.25) is 14.5 Å². The number of aliphatic carboxylic acids is 1. The van der Waals surface area contributed by atoms with Gasteiger partial charge < -0.3 is 24.6 Å². The molecule has 0 radical (unpaired) electrons. The lowest BCUT2D eigenvalue weighted by Crippen LogP contribution is -2.57. The minimum absolute atomic E-state index is 0.250. The van der Waals surface area contributed by atoms with Crippen molar-refractivity contribution in [2.45, 2.75) is 44.4 Å². The summed E-state index contributed by atoms with van der Waals surface area (Å²) in [5, 5.41) is 27.7. The number of imidazole rings is 1. The number of methoxy groups -OCH3 is 1. The normalized spacial score (nSPS) is 23.5. The Labute approximate surface area is 180 Å². The summed E-state index contributed by atoms with van der Waals surface area (Å²) in [5.74, 6) is 0.698. The Kier molecular flexibility index (Phi) is 7.29. The summed E-state index contributed by atoms with van der Waals surface area (Å²) in [4.78, 5) is 27.3. The molecule has 2 heterocycles. The van der Waals surface area contributed by atoms with Crippen molar-refractivity contribution in [1.82, 2.24) is 14.5 Å². The van der Waals surface area contributed by atoms with Crippen LogP contribution in [0.2, 0.25) is 0 Å². The second kappa shape index (κ2) is 9.93. The molecule has 31 heavy (non-hydrogen) atoms. The van der Waals surface area contributed by atoms with Crippen LogP contribution in [-0.2, 0) is 22.6 Å². The first-order valence-corrected chi connectivity index (χ1v) is 10.3. The van der Waals surface area contributed by atoms with Crippen molar-refractivity contribution in [3.63, 3.8) is 0 Å². The molecule has 1 aliphatic carbocycles. The lowest BCUT2D eigenvalue weighted by Gasteiger charge is -2.43. The van der Waals surface area contributed by atoms with Gasteiger partial charge in [-0.2, -0.15) is 0 Å². The number of nitrogens with zero attached hydrogens (tertiary/aromatic N) is 3. The Balaban J connectivity index is 0.000000858. The number of carbonyl (C=O) groups is 2. The number of carboxylic acids is 1. The quantitative estimate of drug-likeness (QED) is 0.567. The molecule has 2 atom stereocenters. The number of aliphatic hydroxyl groups is 1. The van der Waals surface area contributed by atoms with Crippen LogP contribution in [0.5, 0.6) is 5.75 Å². The second-order valence-corrected chi connectivity index (χ2v) is 8.09. The Hall–Kier alpha value is -2.91. The van der Waals surface area contributed by atoms with Crippen LogP contribution in [0.15, 0.2) is 36.7 Å². The predicted octanol–water partition coefficient (Wildman–Crippen LogP) is 1.81. The summed E-state index contributed by atoms with van der Waals surface area (Å²) < 4.78 is 7.47. The zero-order valence-corrected chi connectivity index (χ0v) is 17.6.